The van der Waals surface area contributed by atoms with Crippen molar-refractivity contribution in [2.75, 3.05) is 5.32 Å². The molecule has 0 bridgehead atoms. The van der Waals surface area contributed by atoms with Gasteiger partial charge in [-0.05, 0) is 31.5 Å². The summed E-state index contributed by atoms with van der Waals surface area (Å²) in [6, 6.07) is 18.5. The van der Waals surface area contributed by atoms with Crippen LogP contribution in [-0.4, -0.2) is 18.0 Å². The van der Waals surface area contributed by atoms with E-state index in [0.29, 0.717) is 16.1 Å². The van der Waals surface area contributed by atoms with Crippen molar-refractivity contribution in [1.82, 2.24) is 0 Å². The zero-order valence-electron chi connectivity index (χ0n) is 14.6. The summed E-state index contributed by atoms with van der Waals surface area (Å²) < 4.78 is 5.40. The number of amides is 1. The SMILES string of the molecule is CC(C)OC(=O)c1c(-c2ccccc2)csc1NC(=O)c1ccccc1. The van der Waals surface area contributed by atoms with E-state index in [1.54, 1.807) is 38.1 Å². The number of anilines is 1. The monoisotopic (exact) mass is 365 g/mol. The average Bonchev–Trinajstić information content (AvgIpc) is 3.06. The van der Waals surface area contributed by atoms with E-state index < -0.39 is 5.97 Å². The first kappa shape index (κ1) is 17.9. The Balaban J connectivity index is 1.98. The topological polar surface area (TPSA) is 55.4 Å². The average molecular weight is 365 g/mol. The number of benzene rings is 2. The van der Waals surface area contributed by atoms with Crippen LogP contribution in [0.4, 0.5) is 5.00 Å². The van der Waals surface area contributed by atoms with Crippen LogP contribution in [0.5, 0.6) is 0 Å². The minimum Gasteiger partial charge on any atom is -0.459 e. The first-order valence-electron chi connectivity index (χ1n) is 8.30. The van der Waals surface area contributed by atoms with Crippen LogP contribution in [0.15, 0.2) is 66.0 Å². The molecular formula is C21H19NO3S. The van der Waals surface area contributed by atoms with Crippen LogP contribution >= 0.6 is 11.3 Å². The zero-order valence-corrected chi connectivity index (χ0v) is 15.4. The maximum Gasteiger partial charge on any atom is 0.342 e. The van der Waals surface area contributed by atoms with E-state index in [0.717, 1.165) is 11.1 Å². The number of hydrogen-bond acceptors (Lipinski definition) is 4. The van der Waals surface area contributed by atoms with Gasteiger partial charge in [-0.3, -0.25) is 4.79 Å². The molecule has 0 unspecified atom stereocenters. The summed E-state index contributed by atoms with van der Waals surface area (Å²) in [7, 11) is 0. The van der Waals surface area contributed by atoms with E-state index in [1.165, 1.54) is 11.3 Å². The van der Waals surface area contributed by atoms with Crippen molar-refractivity contribution < 1.29 is 14.3 Å². The molecule has 1 N–H and O–H groups in total. The molecule has 0 aliphatic rings. The van der Waals surface area contributed by atoms with Crippen molar-refractivity contribution >= 4 is 28.2 Å². The fourth-order valence-corrected chi connectivity index (χ4v) is 3.47. The van der Waals surface area contributed by atoms with Gasteiger partial charge in [-0.25, -0.2) is 4.79 Å². The van der Waals surface area contributed by atoms with E-state index >= 15 is 0 Å². The van der Waals surface area contributed by atoms with Crippen molar-refractivity contribution in [3.8, 4) is 11.1 Å². The number of nitrogens with one attached hydrogen (secondary N) is 1. The smallest absolute Gasteiger partial charge is 0.342 e. The molecule has 26 heavy (non-hydrogen) atoms. The Morgan fingerprint density at radius 3 is 2.19 bits per heavy atom. The van der Waals surface area contributed by atoms with E-state index in [4.69, 9.17) is 4.74 Å². The van der Waals surface area contributed by atoms with Gasteiger partial charge in [0.1, 0.15) is 10.6 Å². The number of hydrogen-bond donors (Lipinski definition) is 1. The molecule has 132 valence electrons. The molecule has 1 heterocycles. The maximum absolute atomic E-state index is 12.7. The largest absolute Gasteiger partial charge is 0.459 e. The second-order valence-corrected chi connectivity index (χ2v) is 6.87. The highest BCUT2D eigenvalue weighted by molar-refractivity contribution is 7.15. The highest BCUT2D eigenvalue weighted by atomic mass is 32.1. The summed E-state index contributed by atoms with van der Waals surface area (Å²) in [6.45, 7) is 3.60. The quantitative estimate of drug-likeness (QED) is 0.630. The Morgan fingerprint density at radius 1 is 0.962 bits per heavy atom. The third-order valence-electron chi connectivity index (χ3n) is 3.69. The molecule has 0 radical (unpaired) electrons. The number of carbonyl (C=O) groups is 2. The summed E-state index contributed by atoms with van der Waals surface area (Å²) in [5, 5.41) is 5.21. The highest BCUT2D eigenvalue weighted by Crippen LogP contribution is 2.36. The van der Waals surface area contributed by atoms with E-state index in [1.807, 2.05) is 41.8 Å². The molecule has 0 fully saturated rings. The number of rotatable bonds is 5. The van der Waals surface area contributed by atoms with E-state index in [9.17, 15) is 9.59 Å². The third-order valence-corrected chi connectivity index (χ3v) is 4.58. The van der Waals surface area contributed by atoms with Crippen LogP contribution in [0.25, 0.3) is 11.1 Å². The van der Waals surface area contributed by atoms with Crippen LogP contribution in [0.3, 0.4) is 0 Å². The fraction of sp³-hybridized carbons (Fsp3) is 0.143. The van der Waals surface area contributed by atoms with Crippen molar-refractivity contribution in [2.45, 2.75) is 20.0 Å². The summed E-state index contributed by atoms with van der Waals surface area (Å²) in [4.78, 5) is 25.2. The third kappa shape index (κ3) is 4.00. The minimum absolute atomic E-state index is 0.247. The Hall–Kier alpha value is -2.92. The number of esters is 1. The second kappa shape index (κ2) is 7.97. The fourth-order valence-electron chi connectivity index (χ4n) is 2.52. The summed E-state index contributed by atoms with van der Waals surface area (Å²) in [5.41, 5.74) is 2.58. The molecule has 1 amide bonds. The molecule has 0 aliphatic heterocycles. The predicted octanol–water partition coefficient (Wildman–Crippen LogP) is 5.23. The Kier molecular flexibility index (Phi) is 5.49. The first-order chi connectivity index (χ1) is 12.6. The molecule has 5 heteroatoms. The van der Waals surface area contributed by atoms with Gasteiger partial charge in [0.15, 0.2) is 0 Å². The Bertz CT molecular complexity index is 902. The Labute approximate surface area is 156 Å². The number of ether oxygens (including phenoxy) is 1. The number of thiophene rings is 1. The van der Waals surface area contributed by atoms with E-state index in [-0.39, 0.29) is 12.0 Å². The number of carbonyl (C=O) groups excluding carboxylic acids is 2. The van der Waals surface area contributed by atoms with Crippen molar-refractivity contribution in [3.05, 3.63) is 77.2 Å². The van der Waals surface area contributed by atoms with Crippen LogP contribution in [-0.2, 0) is 4.74 Å². The highest BCUT2D eigenvalue weighted by Gasteiger charge is 2.23. The van der Waals surface area contributed by atoms with Gasteiger partial charge in [-0.15, -0.1) is 11.3 Å². The molecule has 0 atom stereocenters. The maximum atomic E-state index is 12.7. The minimum atomic E-state index is -0.441. The summed E-state index contributed by atoms with van der Waals surface area (Å²) in [5.74, 6) is -0.700. The van der Waals surface area contributed by atoms with Crippen molar-refractivity contribution in [1.29, 1.82) is 0 Å². The van der Waals surface area contributed by atoms with Crippen LogP contribution in [0, 0.1) is 0 Å². The van der Waals surface area contributed by atoms with Gasteiger partial charge in [0.2, 0.25) is 0 Å². The molecule has 0 aliphatic carbocycles. The van der Waals surface area contributed by atoms with Crippen molar-refractivity contribution in [2.24, 2.45) is 0 Å². The van der Waals surface area contributed by atoms with Crippen molar-refractivity contribution in [3.63, 3.8) is 0 Å². The molecule has 0 saturated heterocycles. The van der Waals surface area contributed by atoms with Crippen LogP contribution in [0.2, 0.25) is 0 Å². The lowest BCUT2D eigenvalue weighted by molar-refractivity contribution is 0.0380. The predicted molar refractivity (Wildman–Crippen MR) is 105 cm³/mol. The second-order valence-electron chi connectivity index (χ2n) is 5.99. The van der Waals surface area contributed by atoms with E-state index in [2.05, 4.69) is 5.32 Å². The van der Waals surface area contributed by atoms with Gasteiger partial charge < -0.3 is 10.1 Å². The summed E-state index contributed by atoms with van der Waals surface area (Å²) >= 11 is 1.32. The molecule has 1 aromatic heterocycles. The molecule has 0 spiro atoms. The van der Waals surface area contributed by atoms with Crippen LogP contribution < -0.4 is 5.32 Å². The molecule has 3 rings (SSSR count). The molecule has 0 saturated carbocycles. The lowest BCUT2D eigenvalue weighted by Crippen LogP contribution is -2.16. The van der Waals surface area contributed by atoms with Gasteiger partial charge in [0, 0.05) is 16.5 Å². The van der Waals surface area contributed by atoms with Gasteiger partial charge in [-0.2, -0.15) is 0 Å². The van der Waals surface area contributed by atoms with Gasteiger partial charge >= 0.3 is 5.97 Å². The summed E-state index contributed by atoms with van der Waals surface area (Å²) in [6.07, 6.45) is -0.247. The van der Waals surface area contributed by atoms with Gasteiger partial charge in [-0.1, -0.05) is 48.5 Å². The van der Waals surface area contributed by atoms with Gasteiger partial charge in [0.05, 0.1) is 6.10 Å². The first-order valence-corrected chi connectivity index (χ1v) is 9.18. The standard InChI is InChI=1S/C21H19NO3S/c1-14(2)25-21(24)18-17(15-9-5-3-6-10-15)13-26-20(18)22-19(23)16-11-7-4-8-12-16/h3-14H,1-2H3,(H,22,23). The molecule has 4 nitrogen and oxygen atoms in total. The molecule has 3 aromatic rings. The van der Waals surface area contributed by atoms with Gasteiger partial charge in [0.25, 0.3) is 5.91 Å². The molecular weight excluding hydrogens is 346 g/mol. The normalized spacial score (nSPS) is 10.6. The zero-order chi connectivity index (χ0) is 18.5. The van der Waals surface area contributed by atoms with Crippen LogP contribution in [0.1, 0.15) is 34.6 Å². The Morgan fingerprint density at radius 2 is 1.58 bits per heavy atom. The molecule has 2 aromatic carbocycles. The lowest BCUT2D eigenvalue weighted by atomic mass is 10.0. The lowest BCUT2D eigenvalue weighted by Gasteiger charge is -2.11.